The lowest BCUT2D eigenvalue weighted by Crippen LogP contribution is -2.38. The predicted molar refractivity (Wildman–Crippen MR) is 120 cm³/mol. The van der Waals surface area contributed by atoms with E-state index < -0.39 is 6.09 Å². The van der Waals surface area contributed by atoms with E-state index in [1.165, 1.54) is 11.1 Å². The van der Waals surface area contributed by atoms with E-state index in [2.05, 4.69) is 34.9 Å². The SMILES string of the molecule is O=C(CCN(CCC(=O)N[C@H]1C[C@@H]1c1ccccc1)C(=O)O)N[C@H]1C[C@@H]1c1ccccc1. The molecular formula is C25H29N3O4. The van der Waals surface area contributed by atoms with Crippen LogP contribution in [0.25, 0.3) is 0 Å². The van der Waals surface area contributed by atoms with Crippen LogP contribution in [0.1, 0.15) is 48.6 Å². The lowest BCUT2D eigenvalue weighted by Gasteiger charge is -2.18. The van der Waals surface area contributed by atoms with Gasteiger partial charge in [0, 0.05) is 49.9 Å². The first-order valence-corrected chi connectivity index (χ1v) is 11.2. The fourth-order valence-corrected chi connectivity index (χ4v) is 4.18. The molecule has 2 aromatic rings. The largest absolute Gasteiger partial charge is 0.465 e. The average molecular weight is 436 g/mol. The Labute approximate surface area is 187 Å². The summed E-state index contributed by atoms with van der Waals surface area (Å²) in [5, 5.41) is 15.4. The van der Waals surface area contributed by atoms with E-state index in [1.807, 2.05) is 36.4 Å². The number of carbonyl (C=O) groups excluding carboxylic acids is 2. The van der Waals surface area contributed by atoms with Crippen molar-refractivity contribution in [1.82, 2.24) is 15.5 Å². The highest BCUT2D eigenvalue weighted by Crippen LogP contribution is 2.41. The van der Waals surface area contributed by atoms with Crippen LogP contribution in [-0.4, -0.2) is 53.1 Å². The van der Waals surface area contributed by atoms with Crippen molar-refractivity contribution < 1.29 is 19.5 Å². The van der Waals surface area contributed by atoms with Crippen molar-refractivity contribution in [3.63, 3.8) is 0 Å². The maximum absolute atomic E-state index is 12.3. The lowest BCUT2D eigenvalue weighted by molar-refractivity contribution is -0.121. The Balaban J connectivity index is 1.15. The fraction of sp³-hybridized carbons (Fsp3) is 0.400. The molecule has 3 N–H and O–H groups in total. The summed E-state index contributed by atoms with van der Waals surface area (Å²) >= 11 is 0. The number of carbonyl (C=O) groups is 3. The van der Waals surface area contributed by atoms with Gasteiger partial charge in [0.25, 0.3) is 0 Å². The first-order valence-electron chi connectivity index (χ1n) is 11.2. The van der Waals surface area contributed by atoms with E-state index in [4.69, 9.17) is 0 Å². The van der Waals surface area contributed by atoms with Gasteiger partial charge in [-0.1, -0.05) is 60.7 Å². The van der Waals surface area contributed by atoms with Crippen molar-refractivity contribution >= 4 is 17.9 Å². The number of rotatable bonds is 10. The summed E-state index contributed by atoms with van der Waals surface area (Å²) in [4.78, 5) is 37.2. The third-order valence-corrected chi connectivity index (χ3v) is 6.22. The van der Waals surface area contributed by atoms with E-state index in [0.717, 1.165) is 17.7 Å². The monoisotopic (exact) mass is 435 g/mol. The van der Waals surface area contributed by atoms with Gasteiger partial charge in [-0.05, 0) is 24.0 Å². The Morgan fingerprint density at radius 3 is 1.53 bits per heavy atom. The quantitative estimate of drug-likeness (QED) is 0.534. The maximum atomic E-state index is 12.3. The van der Waals surface area contributed by atoms with Gasteiger partial charge in [0.15, 0.2) is 0 Å². The molecule has 0 aliphatic heterocycles. The minimum Gasteiger partial charge on any atom is -0.465 e. The van der Waals surface area contributed by atoms with Crippen molar-refractivity contribution in [1.29, 1.82) is 0 Å². The van der Waals surface area contributed by atoms with Gasteiger partial charge in [-0.25, -0.2) is 4.79 Å². The van der Waals surface area contributed by atoms with E-state index >= 15 is 0 Å². The molecule has 2 aromatic carbocycles. The number of hydrogen-bond donors (Lipinski definition) is 3. The number of nitrogens with zero attached hydrogens (tertiary/aromatic N) is 1. The van der Waals surface area contributed by atoms with Gasteiger partial charge >= 0.3 is 6.09 Å². The van der Waals surface area contributed by atoms with Crippen LogP contribution in [0, 0.1) is 0 Å². The summed E-state index contributed by atoms with van der Waals surface area (Å²) in [6.07, 6.45) is 0.871. The zero-order valence-electron chi connectivity index (χ0n) is 17.9. The van der Waals surface area contributed by atoms with E-state index in [0.29, 0.717) is 11.8 Å². The zero-order chi connectivity index (χ0) is 22.5. The third-order valence-electron chi connectivity index (χ3n) is 6.22. The molecule has 2 fully saturated rings. The molecular weight excluding hydrogens is 406 g/mol. The Bertz CT molecular complexity index is 879. The molecule has 3 amide bonds. The van der Waals surface area contributed by atoms with Gasteiger partial charge in [-0.15, -0.1) is 0 Å². The Hall–Kier alpha value is -3.35. The normalized spacial score (nSPS) is 23.1. The molecule has 2 saturated carbocycles. The van der Waals surface area contributed by atoms with Crippen LogP contribution in [0.4, 0.5) is 4.79 Å². The lowest BCUT2D eigenvalue weighted by atomic mass is 10.1. The maximum Gasteiger partial charge on any atom is 0.407 e. The molecule has 0 radical (unpaired) electrons. The summed E-state index contributed by atoms with van der Waals surface area (Å²) in [5.41, 5.74) is 2.42. The number of hydrogen-bond acceptors (Lipinski definition) is 3. The van der Waals surface area contributed by atoms with Crippen molar-refractivity contribution in [2.75, 3.05) is 13.1 Å². The Morgan fingerprint density at radius 2 is 1.16 bits per heavy atom. The highest BCUT2D eigenvalue weighted by Gasteiger charge is 2.40. The second kappa shape index (κ2) is 9.85. The molecule has 4 rings (SSSR count). The van der Waals surface area contributed by atoms with Crippen molar-refractivity contribution in [2.24, 2.45) is 0 Å². The number of carboxylic acid groups (broad SMARTS) is 1. The van der Waals surface area contributed by atoms with Crippen LogP contribution < -0.4 is 10.6 Å². The van der Waals surface area contributed by atoms with Gasteiger partial charge < -0.3 is 20.6 Å². The molecule has 0 spiro atoms. The highest BCUT2D eigenvalue weighted by molar-refractivity contribution is 5.79. The van der Waals surface area contributed by atoms with E-state index in [-0.39, 0.29) is 49.8 Å². The van der Waals surface area contributed by atoms with Crippen LogP contribution in [0.15, 0.2) is 60.7 Å². The summed E-state index contributed by atoms with van der Waals surface area (Å²) in [5.74, 6) is 0.351. The van der Waals surface area contributed by atoms with E-state index in [1.54, 1.807) is 0 Å². The average Bonchev–Trinajstić information content (AvgIpc) is 3.71. The summed E-state index contributed by atoms with van der Waals surface area (Å²) in [6, 6.07) is 20.3. The molecule has 0 unspecified atom stereocenters. The molecule has 0 aromatic heterocycles. The molecule has 7 nitrogen and oxygen atoms in total. The van der Waals surface area contributed by atoms with Crippen LogP contribution in [-0.2, 0) is 9.59 Å². The first-order chi connectivity index (χ1) is 15.5. The number of nitrogens with one attached hydrogen (secondary N) is 2. The second-order valence-corrected chi connectivity index (χ2v) is 8.62. The molecule has 2 aliphatic carbocycles. The predicted octanol–water partition coefficient (Wildman–Crippen LogP) is 3.09. The Morgan fingerprint density at radius 1 is 0.750 bits per heavy atom. The molecule has 32 heavy (non-hydrogen) atoms. The number of benzene rings is 2. The minimum absolute atomic E-state index is 0.0766. The molecule has 168 valence electrons. The zero-order valence-corrected chi connectivity index (χ0v) is 17.9. The second-order valence-electron chi connectivity index (χ2n) is 8.62. The van der Waals surface area contributed by atoms with Gasteiger partial charge in [0.1, 0.15) is 0 Å². The molecule has 2 aliphatic rings. The third kappa shape index (κ3) is 5.87. The van der Waals surface area contributed by atoms with Gasteiger partial charge in [-0.3, -0.25) is 9.59 Å². The number of amides is 3. The van der Waals surface area contributed by atoms with Crippen LogP contribution >= 0.6 is 0 Å². The fourth-order valence-electron chi connectivity index (χ4n) is 4.18. The van der Waals surface area contributed by atoms with Gasteiger partial charge in [-0.2, -0.15) is 0 Å². The minimum atomic E-state index is -1.12. The Kier molecular flexibility index (Phi) is 6.73. The van der Waals surface area contributed by atoms with Crippen LogP contribution in [0.5, 0.6) is 0 Å². The molecule has 0 bridgehead atoms. The standard InChI is InChI=1S/C25H29N3O4/c29-23(26-21-15-19(21)17-7-3-1-4-8-17)11-13-28(25(31)32)14-12-24(30)27-22-16-20(22)18-9-5-2-6-10-18/h1-10,19-22H,11-16H2,(H,26,29)(H,27,30)(H,31,32)/t19-,20-,21+,22+/m1/s1. The first kappa shape index (κ1) is 21.9. The van der Waals surface area contributed by atoms with Gasteiger partial charge in [0.05, 0.1) is 0 Å². The van der Waals surface area contributed by atoms with Crippen LogP contribution in [0.2, 0.25) is 0 Å². The molecule has 4 atom stereocenters. The highest BCUT2D eigenvalue weighted by atomic mass is 16.4. The summed E-state index contributed by atoms with van der Waals surface area (Å²) < 4.78 is 0. The molecule has 0 heterocycles. The van der Waals surface area contributed by atoms with Crippen LogP contribution in [0.3, 0.4) is 0 Å². The molecule has 7 heteroatoms. The van der Waals surface area contributed by atoms with Gasteiger partial charge in [0.2, 0.25) is 11.8 Å². The topological polar surface area (TPSA) is 98.7 Å². The van der Waals surface area contributed by atoms with Crippen molar-refractivity contribution in [3.05, 3.63) is 71.8 Å². The van der Waals surface area contributed by atoms with Crippen molar-refractivity contribution in [3.8, 4) is 0 Å². The summed E-state index contributed by atoms with van der Waals surface area (Å²) in [7, 11) is 0. The van der Waals surface area contributed by atoms with E-state index in [9.17, 15) is 19.5 Å². The molecule has 0 saturated heterocycles. The smallest absolute Gasteiger partial charge is 0.407 e. The summed E-state index contributed by atoms with van der Waals surface area (Å²) in [6.45, 7) is 0.153. The van der Waals surface area contributed by atoms with Crippen molar-refractivity contribution in [2.45, 2.75) is 49.6 Å².